The van der Waals surface area contributed by atoms with Crippen molar-refractivity contribution in [1.82, 2.24) is 3.96 Å². The molecule has 0 atom stereocenters. The summed E-state index contributed by atoms with van der Waals surface area (Å²) in [4.78, 5) is 11.8. The minimum Gasteiger partial charge on any atom is -0.344 e. The molecule has 0 bridgehead atoms. The number of nitriles is 1. The Labute approximate surface area is 122 Å². The van der Waals surface area contributed by atoms with Crippen molar-refractivity contribution in [2.75, 3.05) is 5.32 Å². The molecule has 0 saturated carbocycles. The van der Waals surface area contributed by atoms with Gasteiger partial charge in [-0.3, -0.25) is 8.75 Å². The van der Waals surface area contributed by atoms with Gasteiger partial charge in [-0.1, -0.05) is 12.1 Å². The number of rotatable bonds is 3. The third kappa shape index (κ3) is 2.92. The van der Waals surface area contributed by atoms with E-state index in [9.17, 15) is 18.0 Å². The van der Waals surface area contributed by atoms with Gasteiger partial charge in [-0.05, 0) is 30.6 Å². The predicted molar refractivity (Wildman–Crippen MR) is 73.7 cm³/mol. The van der Waals surface area contributed by atoms with Gasteiger partial charge in [0.2, 0.25) is 0 Å². The summed E-state index contributed by atoms with van der Waals surface area (Å²) < 4.78 is 40.0. The van der Waals surface area contributed by atoms with Crippen molar-refractivity contribution in [3.63, 3.8) is 0 Å². The third-order valence-corrected chi connectivity index (χ3v) is 3.88. The zero-order valence-electron chi connectivity index (χ0n) is 10.9. The van der Waals surface area contributed by atoms with E-state index in [1.54, 1.807) is 13.0 Å². The van der Waals surface area contributed by atoms with Crippen LogP contribution < -0.4 is 10.9 Å². The fraction of sp³-hybridized carbons (Fsp3) is 0.231. The molecule has 1 aromatic heterocycles. The van der Waals surface area contributed by atoms with Crippen LogP contribution in [0.2, 0.25) is 0 Å². The van der Waals surface area contributed by atoms with Gasteiger partial charge in [-0.25, -0.2) is 0 Å². The van der Waals surface area contributed by atoms with Crippen LogP contribution in [-0.4, -0.2) is 3.96 Å². The van der Waals surface area contributed by atoms with Crippen LogP contribution in [0.1, 0.15) is 18.1 Å². The highest BCUT2D eigenvalue weighted by Crippen LogP contribution is 2.36. The Hall–Kier alpha value is -2.27. The van der Waals surface area contributed by atoms with Crippen LogP contribution in [-0.2, 0) is 12.7 Å². The SMILES string of the molecule is CCn1sc(Nc2ccccc2C(F)(F)F)c(C#N)c1=O. The molecule has 2 aromatic rings. The molecule has 0 radical (unpaired) electrons. The molecule has 0 fully saturated rings. The summed E-state index contributed by atoms with van der Waals surface area (Å²) in [5.74, 6) is 0. The fourth-order valence-electron chi connectivity index (χ4n) is 1.77. The Morgan fingerprint density at radius 3 is 2.62 bits per heavy atom. The van der Waals surface area contributed by atoms with E-state index in [0.717, 1.165) is 17.6 Å². The van der Waals surface area contributed by atoms with Gasteiger partial charge in [-0.2, -0.15) is 18.4 Å². The number of hydrogen-bond donors (Lipinski definition) is 1. The van der Waals surface area contributed by atoms with E-state index in [-0.39, 0.29) is 16.3 Å². The lowest BCUT2D eigenvalue weighted by Crippen LogP contribution is -2.14. The number of hydrogen-bond acceptors (Lipinski definition) is 4. The van der Waals surface area contributed by atoms with Gasteiger partial charge in [0, 0.05) is 6.54 Å². The molecule has 0 saturated heterocycles. The molecule has 0 aliphatic heterocycles. The van der Waals surface area contributed by atoms with E-state index < -0.39 is 17.3 Å². The molecule has 21 heavy (non-hydrogen) atoms. The number of anilines is 2. The summed E-state index contributed by atoms with van der Waals surface area (Å²) in [7, 11) is 0. The number of alkyl halides is 3. The molecular weight excluding hydrogens is 303 g/mol. The lowest BCUT2D eigenvalue weighted by Gasteiger charge is -2.13. The Kier molecular flexibility index (Phi) is 4.04. The van der Waals surface area contributed by atoms with Crippen molar-refractivity contribution in [2.24, 2.45) is 0 Å². The first kappa shape index (κ1) is 15.1. The molecule has 0 spiro atoms. The molecule has 4 nitrogen and oxygen atoms in total. The molecule has 0 aliphatic carbocycles. The summed E-state index contributed by atoms with van der Waals surface area (Å²) >= 11 is 0.928. The zero-order chi connectivity index (χ0) is 15.6. The van der Waals surface area contributed by atoms with Gasteiger partial charge in [0.05, 0.1) is 11.3 Å². The fourth-order valence-corrected chi connectivity index (χ4v) is 2.68. The second-order valence-electron chi connectivity index (χ2n) is 4.08. The van der Waals surface area contributed by atoms with E-state index in [2.05, 4.69) is 5.32 Å². The van der Waals surface area contributed by atoms with Crippen LogP contribution in [0.3, 0.4) is 0 Å². The second-order valence-corrected chi connectivity index (χ2v) is 5.11. The van der Waals surface area contributed by atoms with Crippen LogP contribution in [0.5, 0.6) is 0 Å². The maximum absolute atomic E-state index is 12.9. The number of aryl methyl sites for hydroxylation is 1. The van der Waals surface area contributed by atoms with Crippen LogP contribution in [0.25, 0.3) is 0 Å². The summed E-state index contributed by atoms with van der Waals surface area (Å²) in [6, 6.07) is 6.65. The quantitative estimate of drug-likeness (QED) is 0.942. The summed E-state index contributed by atoms with van der Waals surface area (Å²) in [6.07, 6.45) is -4.52. The van der Waals surface area contributed by atoms with E-state index in [1.165, 1.54) is 22.2 Å². The Morgan fingerprint density at radius 1 is 1.38 bits per heavy atom. The average molecular weight is 313 g/mol. The van der Waals surface area contributed by atoms with Gasteiger partial charge in [0.25, 0.3) is 5.56 Å². The number of benzene rings is 1. The molecular formula is C13H10F3N3OS. The first-order valence-corrected chi connectivity index (χ1v) is 6.73. The van der Waals surface area contributed by atoms with Gasteiger partial charge in [0.15, 0.2) is 5.56 Å². The average Bonchev–Trinajstić information content (AvgIpc) is 2.73. The van der Waals surface area contributed by atoms with Crippen LogP contribution in [0, 0.1) is 11.3 Å². The predicted octanol–water partition coefficient (Wildman–Crippen LogP) is 3.56. The number of nitrogens with one attached hydrogen (secondary N) is 1. The van der Waals surface area contributed by atoms with Crippen LogP contribution in [0.4, 0.5) is 23.9 Å². The Bertz CT molecular complexity index is 755. The topological polar surface area (TPSA) is 57.8 Å². The smallest absolute Gasteiger partial charge is 0.344 e. The number of para-hydroxylation sites is 1. The molecule has 1 N–H and O–H groups in total. The number of nitrogens with zero attached hydrogens (tertiary/aromatic N) is 2. The van der Waals surface area contributed by atoms with Crippen LogP contribution >= 0.6 is 11.5 Å². The lowest BCUT2D eigenvalue weighted by atomic mass is 10.1. The van der Waals surface area contributed by atoms with Gasteiger partial charge >= 0.3 is 6.18 Å². The highest BCUT2D eigenvalue weighted by molar-refractivity contribution is 7.11. The van der Waals surface area contributed by atoms with E-state index >= 15 is 0 Å². The Morgan fingerprint density at radius 2 is 2.05 bits per heavy atom. The van der Waals surface area contributed by atoms with Crippen molar-refractivity contribution < 1.29 is 13.2 Å². The maximum Gasteiger partial charge on any atom is 0.418 e. The van der Waals surface area contributed by atoms with Crippen LogP contribution in [0.15, 0.2) is 29.1 Å². The summed E-state index contributed by atoms with van der Waals surface area (Å²) in [5, 5.41) is 11.7. The number of halogens is 3. The monoisotopic (exact) mass is 313 g/mol. The molecule has 2 rings (SSSR count). The molecule has 1 heterocycles. The van der Waals surface area contributed by atoms with Gasteiger partial charge in [-0.15, -0.1) is 0 Å². The molecule has 1 aromatic carbocycles. The van der Waals surface area contributed by atoms with Crippen molar-refractivity contribution >= 4 is 22.2 Å². The second kappa shape index (κ2) is 5.61. The minimum atomic E-state index is -4.52. The zero-order valence-corrected chi connectivity index (χ0v) is 11.7. The standard InChI is InChI=1S/C13H10F3N3OS/c1-2-19-12(20)8(7-17)11(21-19)18-10-6-4-3-5-9(10)13(14,15)16/h3-6,18H,2H2,1H3. The summed E-state index contributed by atoms with van der Waals surface area (Å²) in [5.41, 5.74) is -1.72. The minimum absolute atomic E-state index is 0.112. The number of aromatic nitrogens is 1. The van der Waals surface area contributed by atoms with Gasteiger partial charge in [0.1, 0.15) is 11.1 Å². The first-order chi connectivity index (χ1) is 9.88. The highest BCUT2D eigenvalue weighted by Gasteiger charge is 2.33. The largest absolute Gasteiger partial charge is 0.418 e. The molecule has 0 unspecified atom stereocenters. The van der Waals surface area contributed by atoms with Gasteiger partial charge < -0.3 is 5.32 Å². The van der Waals surface area contributed by atoms with E-state index in [1.807, 2.05) is 0 Å². The molecule has 8 heteroatoms. The maximum atomic E-state index is 12.9. The normalized spacial score (nSPS) is 11.2. The van der Waals surface area contributed by atoms with Crippen molar-refractivity contribution in [3.8, 4) is 6.07 Å². The van der Waals surface area contributed by atoms with Crippen molar-refractivity contribution in [3.05, 3.63) is 45.7 Å². The van der Waals surface area contributed by atoms with E-state index in [0.29, 0.717) is 6.54 Å². The first-order valence-electron chi connectivity index (χ1n) is 5.96. The van der Waals surface area contributed by atoms with Crippen molar-refractivity contribution in [1.29, 1.82) is 5.26 Å². The van der Waals surface area contributed by atoms with Crippen molar-refractivity contribution in [2.45, 2.75) is 19.6 Å². The summed E-state index contributed by atoms with van der Waals surface area (Å²) in [6.45, 7) is 2.06. The molecule has 0 aliphatic rings. The third-order valence-electron chi connectivity index (χ3n) is 2.75. The molecule has 0 amide bonds. The highest BCUT2D eigenvalue weighted by atomic mass is 32.1. The van der Waals surface area contributed by atoms with E-state index in [4.69, 9.17) is 5.26 Å². The molecule has 110 valence electrons. The Balaban J connectivity index is 2.50. The lowest BCUT2D eigenvalue weighted by molar-refractivity contribution is -0.136.